The summed E-state index contributed by atoms with van der Waals surface area (Å²) in [5.41, 5.74) is 0. The second-order valence-corrected chi connectivity index (χ2v) is 6.64. The molecule has 0 saturated carbocycles. The van der Waals surface area contributed by atoms with E-state index in [2.05, 4.69) is 4.72 Å². The minimum Gasteiger partial charge on any atom is -0.342 e. The van der Waals surface area contributed by atoms with Gasteiger partial charge in [-0.05, 0) is 18.8 Å². The number of nitrogens with one attached hydrogen (secondary N) is 1. The fourth-order valence-corrected chi connectivity index (χ4v) is 3.17. The van der Waals surface area contributed by atoms with Gasteiger partial charge in [-0.15, -0.1) is 0 Å². The van der Waals surface area contributed by atoms with Crippen molar-refractivity contribution >= 4 is 15.9 Å². The lowest BCUT2D eigenvalue weighted by atomic mass is 10.2. The third kappa shape index (κ3) is 5.04. The van der Waals surface area contributed by atoms with Crippen molar-refractivity contribution in [3.63, 3.8) is 0 Å². The van der Waals surface area contributed by atoms with Gasteiger partial charge >= 0.3 is 0 Å². The molecule has 1 atom stereocenters. The smallest absolute Gasteiger partial charge is 0.222 e. The first-order valence-corrected chi connectivity index (χ1v) is 7.85. The number of rotatable bonds is 7. The summed E-state index contributed by atoms with van der Waals surface area (Å²) in [4.78, 5) is 13.2. The molecule has 1 saturated heterocycles. The highest BCUT2D eigenvalue weighted by Gasteiger charge is 2.22. The van der Waals surface area contributed by atoms with Crippen molar-refractivity contribution in [3.05, 3.63) is 0 Å². The second kappa shape index (κ2) is 6.35. The first-order chi connectivity index (χ1) is 7.94. The molecule has 1 N–H and O–H groups in total. The molecule has 0 aromatic rings. The third-order valence-corrected chi connectivity index (χ3v) is 4.38. The highest BCUT2D eigenvalue weighted by molar-refractivity contribution is 7.89. The van der Waals surface area contributed by atoms with Gasteiger partial charge in [0.05, 0.1) is 5.75 Å². The van der Waals surface area contributed by atoms with Gasteiger partial charge in [-0.3, -0.25) is 4.79 Å². The molecular formula is C11H22N2O3S. The van der Waals surface area contributed by atoms with Crippen LogP contribution >= 0.6 is 0 Å². The molecule has 100 valence electrons. The Morgan fingerprint density at radius 3 is 2.71 bits per heavy atom. The molecule has 1 unspecified atom stereocenters. The molecule has 6 heteroatoms. The van der Waals surface area contributed by atoms with Crippen LogP contribution in [0.1, 0.15) is 33.1 Å². The van der Waals surface area contributed by atoms with Gasteiger partial charge in [-0.25, -0.2) is 13.1 Å². The van der Waals surface area contributed by atoms with E-state index in [0.717, 1.165) is 13.0 Å². The summed E-state index contributed by atoms with van der Waals surface area (Å²) in [6, 6.07) is 0. The number of carbonyl (C=O) groups excluding carboxylic acids is 1. The van der Waals surface area contributed by atoms with E-state index in [4.69, 9.17) is 0 Å². The summed E-state index contributed by atoms with van der Waals surface area (Å²) in [7, 11) is -3.13. The zero-order chi connectivity index (χ0) is 12.9. The Hall–Kier alpha value is -0.620. The molecule has 1 amide bonds. The zero-order valence-electron chi connectivity index (χ0n) is 10.6. The first-order valence-electron chi connectivity index (χ1n) is 6.19. The average Bonchev–Trinajstić information content (AvgIpc) is 2.62. The molecule has 0 aromatic heterocycles. The van der Waals surface area contributed by atoms with Crippen molar-refractivity contribution in [2.45, 2.75) is 33.1 Å². The fourth-order valence-electron chi connectivity index (χ4n) is 1.95. The molecule has 1 fully saturated rings. The molecule has 17 heavy (non-hydrogen) atoms. The SMILES string of the molecule is CCCS(=O)(=O)NCC(C)CN1CCCC1=O. The predicted octanol–water partition coefficient (Wildman–Crippen LogP) is 0.574. The summed E-state index contributed by atoms with van der Waals surface area (Å²) in [5, 5.41) is 0. The molecular weight excluding hydrogens is 240 g/mol. The molecule has 0 spiro atoms. The van der Waals surface area contributed by atoms with E-state index in [-0.39, 0.29) is 17.6 Å². The number of amides is 1. The van der Waals surface area contributed by atoms with Crippen molar-refractivity contribution in [2.75, 3.05) is 25.4 Å². The molecule has 5 nitrogen and oxygen atoms in total. The minimum atomic E-state index is -3.13. The highest BCUT2D eigenvalue weighted by Crippen LogP contribution is 2.11. The van der Waals surface area contributed by atoms with Gasteiger partial charge in [0.15, 0.2) is 0 Å². The maximum Gasteiger partial charge on any atom is 0.222 e. The molecule has 1 rings (SSSR count). The third-order valence-electron chi connectivity index (χ3n) is 2.83. The normalized spacial score (nSPS) is 18.7. The van der Waals surface area contributed by atoms with Crippen LogP contribution in [0, 0.1) is 5.92 Å². The largest absolute Gasteiger partial charge is 0.342 e. The zero-order valence-corrected chi connectivity index (χ0v) is 11.4. The molecule has 1 aliphatic heterocycles. The molecule has 0 aromatic carbocycles. The lowest BCUT2D eigenvalue weighted by Gasteiger charge is -2.20. The lowest BCUT2D eigenvalue weighted by molar-refractivity contribution is -0.128. The van der Waals surface area contributed by atoms with Gasteiger partial charge in [0.1, 0.15) is 0 Å². The van der Waals surface area contributed by atoms with Crippen molar-refractivity contribution in [1.29, 1.82) is 0 Å². The standard InChI is InChI=1S/C11H22N2O3S/c1-3-7-17(15,16)12-8-10(2)9-13-6-4-5-11(13)14/h10,12H,3-9H2,1-2H3. The van der Waals surface area contributed by atoms with Crippen molar-refractivity contribution in [1.82, 2.24) is 9.62 Å². The van der Waals surface area contributed by atoms with Gasteiger partial charge < -0.3 is 4.90 Å². The van der Waals surface area contributed by atoms with Crippen LogP contribution in [0.25, 0.3) is 0 Å². The Kier molecular flexibility index (Phi) is 5.39. The number of nitrogens with zero attached hydrogens (tertiary/aromatic N) is 1. The Morgan fingerprint density at radius 2 is 2.18 bits per heavy atom. The Morgan fingerprint density at radius 1 is 1.47 bits per heavy atom. The lowest BCUT2D eigenvalue weighted by Crippen LogP contribution is -2.36. The number of likely N-dealkylation sites (tertiary alicyclic amines) is 1. The number of sulfonamides is 1. The van der Waals surface area contributed by atoms with Crippen LogP contribution in [0.2, 0.25) is 0 Å². The van der Waals surface area contributed by atoms with E-state index in [0.29, 0.717) is 25.9 Å². The van der Waals surface area contributed by atoms with Crippen LogP contribution < -0.4 is 4.72 Å². The summed E-state index contributed by atoms with van der Waals surface area (Å²) in [6.45, 7) is 5.66. The van der Waals surface area contributed by atoms with Crippen LogP contribution in [0.15, 0.2) is 0 Å². The van der Waals surface area contributed by atoms with E-state index < -0.39 is 10.0 Å². The van der Waals surface area contributed by atoms with Gasteiger partial charge in [0.25, 0.3) is 0 Å². The summed E-state index contributed by atoms with van der Waals surface area (Å²) < 4.78 is 25.5. The Labute approximate surface area is 104 Å². The van der Waals surface area contributed by atoms with Crippen molar-refractivity contribution < 1.29 is 13.2 Å². The Balaban J connectivity index is 2.30. The van der Waals surface area contributed by atoms with E-state index in [1.54, 1.807) is 0 Å². The van der Waals surface area contributed by atoms with Crippen LogP contribution in [-0.4, -0.2) is 44.6 Å². The van der Waals surface area contributed by atoms with E-state index in [9.17, 15) is 13.2 Å². The monoisotopic (exact) mass is 262 g/mol. The van der Waals surface area contributed by atoms with Crippen LogP contribution in [0.3, 0.4) is 0 Å². The van der Waals surface area contributed by atoms with Crippen LogP contribution in [0.4, 0.5) is 0 Å². The van der Waals surface area contributed by atoms with E-state index in [1.807, 2.05) is 18.7 Å². The molecule has 1 heterocycles. The second-order valence-electron chi connectivity index (χ2n) is 4.72. The van der Waals surface area contributed by atoms with Crippen LogP contribution in [-0.2, 0) is 14.8 Å². The van der Waals surface area contributed by atoms with Gasteiger partial charge in [-0.2, -0.15) is 0 Å². The first kappa shape index (κ1) is 14.4. The van der Waals surface area contributed by atoms with Gasteiger partial charge in [-0.1, -0.05) is 13.8 Å². The van der Waals surface area contributed by atoms with Gasteiger partial charge in [0, 0.05) is 26.1 Å². The van der Waals surface area contributed by atoms with Crippen molar-refractivity contribution in [3.8, 4) is 0 Å². The molecule has 0 aliphatic carbocycles. The molecule has 0 bridgehead atoms. The summed E-state index contributed by atoms with van der Waals surface area (Å²) >= 11 is 0. The maximum atomic E-state index is 11.4. The number of hydrogen-bond acceptors (Lipinski definition) is 3. The van der Waals surface area contributed by atoms with E-state index >= 15 is 0 Å². The van der Waals surface area contributed by atoms with Gasteiger partial charge in [0.2, 0.25) is 15.9 Å². The topological polar surface area (TPSA) is 66.5 Å². The quantitative estimate of drug-likeness (QED) is 0.729. The highest BCUT2D eigenvalue weighted by atomic mass is 32.2. The molecule has 1 aliphatic rings. The Bertz CT molecular complexity index is 354. The fraction of sp³-hybridized carbons (Fsp3) is 0.909. The van der Waals surface area contributed by atoms with Crippen LogP contribution in [0.5, 0.6) is 0 Å². The summed E-state index contributed by atoms with van der Waals surface area (Å²) in [5.74, 6) is 0.513. The minimum absolute atomic E-state index is 0.156. The number of hydrogen-bond donors (Lipinski definition) is 1. The summed E-state index contributed by atoms with van der Waals surface area (Å²) in [6.07, 6.45) is 2.18. The molecule has 0 radical (unpaired) electrons. The number of carbonyl (C=O) groups is 1. The maximum absolute atomic E-state index is 11.4. The van der Waals surface area contributed by atoms with Crippen molar-refractivity contribution in [2.24, 2.45) is 5.92 Å². The average molecular weight is 262 g/mol. The predicted molar refractivity (Wildman–Crippen MR) is 67.1 cm³/mol. The van der Waals surface area contributed by atoms with E-state index in [1.165, 1.54) is 0 Å².